The Kier molecular flexibility index (Phi) is 27.8. The standard InChI is InChI=1S/C40H76NO2/c1-5-7-9-11-13-15-17-19-21-23-25-30-34-42-38-40(37-41(3,4)36-39-32-28-27-29-33-39)43-35-31-26-24-22-20-18-16-14-12-10-8-6-2/h27-29,32-33,40H,5-26,30-31,34-38H2,1-4H3/q+1. The average molecular weight is 603 g/mol. The van der Waals surface area contributed by atoms with E-state index in [2.05, 4.69) is 58.3 Å². The van der Waals surface area contributed by atoms with Crippen LogP contribution in [0.1, 0.15) is 174 Å². The molecule has 0 saturated heterocycles. The number of hydrogen-bond donors (Lipinski definition) is 0. The van der Waals surface area contributed by atoms with E-state index >= 15 is 0 Å². The molecule has 0 heterocycles. The van der Waals surface area contributed by atoms with Crippen LogP contribution in [0.5, 0.6) is 0 Å². The molecule has 0 N–H and O–H groups in total. The molecule has 0 aliphatic heterocycles. The Hall–Kier alpha value is -0.900. The van der Waals surface area contributed by atoms with E-state index in [0.717, 1.165) is 37.4 Å². The first-order valence-electron chi connectivity index (χ1n) is 19.1. The lowest BCUT2D eigenvalue weighted by molar-refractivity contribution is -0.906. The molecule has 43 heavy (non-hydrogen) atoms. The second kappa shape index (κ2) is 29.8. The molecule has 0 radical (unpaired) electrons. The average Bonchev–Trinajstić information content (AvgIpc) is 2.99. The Morgan fingerprint density at radius 1 is 0.512 bits per heavy atom. The van der Waals surface area contributed by atoms with Crippen molar-refractivity contribution in [1.29, 1.82) is 0 Å². The number of rotatable bonds is 33. The van der Waals surface area contributed by atoms with Gasteiger partial charge in [-0.2, -0.15) is 0 Å². The summed E-state index contributed by atoms with van der Waals surface area (Å²) in [5.41, 5.74) is 1.39. The van der Waals surface area contributed by atoms with E-state index in [-0.39, 0.29) is 6.10 Å². The predicted molar refractivity (Wildman–Crippen MR) is 190 cm³/mol. The Balaban J connectivity index is 2.20. The molecule has 0 aliphatic carbocycles. The summed E-state index contributed by atoms with van der Waals surface area (Å²) in [6.45, 7) is 9.09. The van der Waals surface area contributed by atoms with Crippen LogP contribution in [0.2, 0.25) is 0 Å². The van der Waals surface area contributed by atoms with E-state index in [1.165, 1.54) is 160 Å². The molecular weight excluding hydrogens is 526 g/mol. The van der Waals surface area contributed by atoms with Gasteiger partial charge in [0.25, 0.3) is 0 Å². The van der Waals surface area contributed by atoms with E-state index in [0.29, 0.717) is 0 Å². The monoisotopic (exact) mass is 603 g/mol. The van der Waals surface area contributed by atoms with Gasteiger partial charge in [-0.05, 0) is 12.8 Å². The molecule has 1 aromatic rings. The molecule has 0 spiro atoms. The fraction of sp³-hybridized carbons (Fsp3) is 0.850. The zero-order chi connectivity index (χ0) is 31.1. The fourth-order valence-electron chi connectivity index (χ4n) is 6.30. The van der Waals surface area contributed by atoms with Crippen molar-refractivity contribution in [2.75, 3.05) is 40.5 Å². The molecule has 252 valence electrons. The highest BCUT2D eigenvalue weighted by Crippen LogP contribution is 2.15. The summed E-state index contributed by atoms with van der Waals surface area (Å²) in [6, 6.07) is 10.9. The molecule has 3 heteroatoms. The van der Waals surface area contributed by atoms with Gasteiger partial charge in [-0.15, -0.1) is 0 Å². The zero-order valence-electron chi connectivity index (χ0n) is 29.7. The summed E-state index contributed by atoms with van der Waals surface area (Å²) in [7, 11) is 4.66. The maximum atomic E-state index is 6.48. The van der Waals surface area contributed by atoms with Crippen LogP contribution in [0.3, 0.4) is 0 Å². The highest BCUT2D eigenvalue weighted by atomic mass is 16.5. The number of benzene rings is 1. The van der Waals surface area contributed by atoms with Crippen LogP contribution in [0.25, 0.3) is 0 Å². The minimum absolute atomic E-state index is 0.170. The predicted octanol–water partition coefficient (Wildman–Crippen LogP) is 12.1. The molecule has 1 aromatic carbocycles. The summed E-state index contributed by atoms with van der Waals surface area (Å²) in [5.74, 6) is 0. The van der Waals surface area contributed by atoms with Crippen molar-refractivity contribution in [2.45, 2.75) is 181 Å². The van der Waals surface area contributed by atoms with Gasteiger partial charge in [0, 0.05) is 18.8 Å². The van der Waals surface area contributed by atoms with Crippen LogP contribution in [0.4, 0.5) is 0 Å². The summed E-state index contributed by atoms with van der Waals surface area (Å²) in [6.07, 6.45) is 33.4. The minimum atomic E-state index is 0.170. The molecule has 1 atom stereocenters. The van der Waals surface area contributed by atoms with Crippen LogP contribution in [0, 0.1) is 0 Å². The van der Waals surface area contributed by atoms with E-state index in [1.54, 1.807) is 0 Å². The van der Waals surface area contributed by atoms with Gasteiger partial charge >= 0.3 is 0 Å². The smallest absolute Gasteiger partial charge is 0.130 e. The molecule has 0 aliphatic rings. The van der Waals surface area contributed by atoms with Gasteiger partial charge in [0.05, 0.1) is 20.7 Å². The quantitative estimate of drug-likeness (QED) is 0.0588. The Bertz CT molecular complexity index is 676. The van der Waals surface area contributed by atoms with Crippen molar-refractivity contribution in [1.82, 2.24) is 0 Å². The Labute approximate surface area is 270 Å². The third kappa shape index (κ3) is 27.2. The SMILES string of the molecule is CCCCCCCCCCCCCCOCC(C[N+](C)(C)Cc1ccccc1)OCCCCCCCCCCCCCC. The maximum Gasteiger partial charge on any atom is 0.130 e. The summed E-state index contributed by atoms with van der Waals surface area (Å²) in [4.78, 5) is 0. The lowest BCUT2D eigenvalue weighted by atomic mass is 10.1. The van der Waals surface area contributed by atoms with Crippen LogP contribution in [0.15, 0.2) is 30.3 Å². The molecule has 0 fully saturated rings. The molecular formula is C40H76NO2+. The number of unbranched alkanes of at least 4 members (excludes halogenated alkanes) is 22. The lowest BCUT2D eigenvalue weighted by Crippen LogP contribution is -2.47. The maximum absolute atomic E-state index is 6.48. The van der Waals surface area contributed by atoms with Crippen LogP contribution >= 0.6 is 0 Å². The minimum Gasteiger partial charge on any atom is -0.379 e. The summed E-state index contributed by atoms with van der Waals surface area (Å²) >= 11 is 0. The number of nitrogens with zero attached hydrogens (tertiary/aromatic N) is 1. The van der Waals surface area contributed by atoms with E-state index in [1.807, 2.05) is 0 Å². The van der Waals surface area contributed by atoms with Crippen molar-refractivity contribution in [3.05, 3.63) is 35.9 Å². The topological polar surface area (TPSA) is 18.5 Å². The summed E-state index contributed by atoms with van der Waals surface area (Å²) < 4.78 is 13.6. The van der Waals surface area contributed by atoms with Crippen molar-refractivity contribution < 1.29 is 14.0 Å². The second-order valence-electron chi connectivity index (χ2n) is 14.1. The van der Waals surface area contributed by atoms with Gasteiger partial charge in [0.1, 0.15) is 19.2 Å². The molecule has 3 nitrogen and oxygen atoms in total. The first-order valence-corrected chi connectivity index (χ1v) is 19.1. The van der Waals surface area contributed by atoms with Crippen molar-refractivity contribution in [3.8, 4) is 0 Å². The second-order valence-corrected chi connectivity index (χ2v) is 14.1. The summed E-state index contributed by atoms with van der Waals surface area (Å²) in [5, 5.41) is 0. The van der Waals surface area contributed by atoms with Crippen molar-refractivity contribution >= 4 is 0 Å². The van der Waals surface area contributed by atoms with Crippen LogP contribution in [-0.4, -0.2) is 51.0 Å². The van der Waals surface area contributed by atoms with Crippen molar-refractivity contribution in [2.24, 2.45) is 0 Å². The first-order chi connectivity index (χ1) is 21.1. The third-order valence-corrected chi connectivity index (χ3v) is 8.95. The normalized spacial score (nSPS) is 12.7. The third-order valence-electron chi connectivity index (χ3n) is 8.95. The number of ether oxygens (including phenoxy) is 2. The highest BCUT2D eigenvalue weighted by Gasteiger charge is 2.23. The van der Waals surface area contributed by atoms with Gasteiger partial charge < -0.3 is 14.0 Å². The number of hydrogen-bond acceptors (Lipinski definition) is 2. The van der Waals surface area contributed by atoms with Gasteiger partial charge in [-0.25, -0.2) is 0 Å². The molecule has 0 amide bonds. The molecule has 0 aromatic heterocycles. The molecule has 1 unspecified atom stereocenters. The first kappa shape index (κ1) is 40.1. The number of likely N-dealkylation sites (N-methyl/N-ethyl adjacent to an activating group) is 1. The van der Waals surface area contributed by atoms with Crippen LogP contribution < -0.4 is 0 Å². The molecule has 1 rings (SSSR count). The van der Waals surface area contributed by atoms with Gasteiger partial charge in [-0.1, -0.05) is 185 Å². The fourth-order valence-corrected chi connectivity index (χ4v) is 6.30. The molecule has 0 bridgehead atoms. The van der Waals surface area contributed by atoms with E-state index < -0.39 is 0 Å². The largest absolute Gasteiger partial charge is 0.379 e. The molecule has 0 saturated carbocycles. The van der Waals surface area contributed by atoms with E-state index in [9.17, 15) is 0 Å². The van der Waals surface area contributed by atoms with Gasteiger partial charge in [0.2, 0.25) is 0 Å². The number of quaternary nitrogens is 1. The van der Waals surface area contributed by atoms with Gasteiger partial charge in [-0.3, -0.25) is 0 Å². The van der Waals surface area contributed by atoms with Crippen LogP contribution in [-0.2, 0) is 16.0 Å². The van der Waals surface area contributed by atoms with Gasteiger partial charge in [0.15, 0.2) is 0 Å². The zero-order valence-corrected chi connectivity index (χ0v) is 29.7. The Morgan fingerprint density at radius 2 is 0.907 bits per heavy atom. The lowest BCUT2D eigenvalue weighted by Gasteiger charge is -2.33. The van der Waals surface area contributed by atoms with E-state index in [4.69, 9.17) is 9.47 Å². The Morgan fingerprint density at radius 3 is 1.35 bits per heavy atom. The van der Waals surface area contributed by atoms with Crippen molar-refractivity contribution in [3.63, 3.8) is 0 Å². The highest BCUT2D eigenvalue weighted by molar-refractivity contribution is 5.13.